The van der Waals surface area contributed by atoms with Crippen LogP contribution in [0, 0.1) is 6.92 Å². The number of ether oxygens (including phenoxy) is 2. The fourth-order valence-electron chi connectivity index (χ4n) is 4.37. The van der Waals surface area contributed by atoms with Crippen molar-refractivity contribution in [2.24, 2.45) is 0 Å². The number of aryl methyl sites for hydroxylation is 1. The highest BCUT2D eigenvalue weighted by molar-refractivity contribution is 6.03. The van der Waals surface area contributed by atoms with E-state index in [0.717, 1.165) is 39.0 Å². The molecule has 0 aliphatic heterocycles. The van der Waals surface area contributed by atoms with Crippen LogP contribution in [0.25, 0.3) is 44.2 Å². The summed E-state index contributed by atoms with van der Waals surface area (Å²) < 4.78 is 11.5. The quantitative estimate of drug-likeness (QED) is 0.280. The summed E-state index contributed by atoms with van der Waals surface area (Å²) in [6.45, 7) is 2.10. The van der Waals surface area contributed by atoms with Gasteiger partial charge in [-0.15, -0.1) is 0 Å². The molecule has 0 heterocycles. The number of hydrogen-bond acceptors (Lipinski definition) is 2. The van der Waals surface area contributed by atoms with Gasteiger partial charge < -0.3 is 9.47 Å². The molecule has 2 heteroatoms. The monoisotopic (exact) mass is 430 g/mol. The van der Waals surface area contributed by atoms with Crippen LogP contribution in [0.15, 0.2) is 103 Å². The van der Waals surface area contributed by atoms with Gasteiger partial charge in [-0.3, -0.25) is 0 Å². The second kappa shape index (κ2) is 8.84. The highest BCUT2D eigenvalue weighted by atomic mass is 16.5. The van der Waals surface area contributed by atoms with Gasteiger partial charge in [-0.1, -0.05) is 96.6 Å². The van der Waals surface area contributed by atoms with Crippen molar-refractivity contribution >= 4 is 10.8 Å². The van der Waals surface area contributed by atoms with Crippen LogP contribution < -0.4 is 9.47 Å². The van der Waals surface area contributed by atoms with E-state index in [0.29, 0.717) is 0 Å². The summed E-state index contributed by atoms with van der Waals surface area (Å²) in [7, 11) is 3.39. The van der Waals surface area contributed by atoms with E-state index >= 15 is 0 Å². The largest absolute Gasteiger partial charge is 0.493 e. The molecule has 33 heavy (non-hydrogen) atoms. The molecule has 0 saturated carbocycles. The van der Waals surface area contributed by atoms with E-state index in [1.165, 1.54) is 22.3 Å². The maximum Gasteiger partial charge on any atom is 0.168 e. The van der Waals surface area contributed by atoms with Crippen LogP contribution >= 0.6 is 0 Å². The Morgan fingerprint density at radius 1 is 0.485 bits per heavy atom. The lowest BCUT2D eigenvalue weighted by atomic mass is 9.93. The maximum absolute atomic E-state index is 5.80. The highest BCUT2D eigenvalue weighted by Crippen LogP contribution is 2.43. The summed E-state index contributed by atoms with van der Waals surface area (Å²) >= 11 is 0. The van der Waals surface area contributed by atoms with Crippen molar-refractivity contribution in [1.29, 1.82) is 0 Å². The molecule has 0 radical (unpaired) electrons. The van der Waals surface area contributed by atoms with Crippen molar-refractivity contribution in [3.63, 3.8) is 0 Å². The predicted octanol–water partition coefficient (Wildman–Crippen LogP) is 8.17. The molecule has 0 unspecified atom stereocenters. The molecule has 0 aliphatic rings. The summed E-state index contributed by atoms with van der Waals surface area (Å²) in [6.07, 6.45) is 0. The summed E-state index contributed by atoms with van der Waals surface area (Å²) in [6, 6.07) is 36.4. The van der Waals surface area contributed by atoms with Crippen LogP contribution in [0.2, 0.25) is 0 Å². The van der Waals surface area contributed by atoms with Gasteiger partial charge in [-0.2, -0.15) is 0 Å². The molecule has 0 aliphatic carbocycles. The van der Waals surface area contributed by atoms with E-state index in [1.54, 1.807) is 14.2 Å². The van der Waals surface area contributed by atoms with E-state index in [1.807, 2.05) is 6.07 Å². The molecular weight excluding hydrogens is 404 g/mol. The third kappa shape index (κ3) is 3.96. The first kappa shape index (κ1) is 20.8. The van der Waals surface area contributed by atoms with Gasteiger partial charge in [-0.05, 0) is 57.8 Å². The van der Waals surface area contributed by atoms with Gasteiger partial charge in [0, 0.05) is 5.39 Å². The lowest BCUT2D eigenvalue weighted by Crippen LogP contribution is -1.94. The molecule has 5 aromatic carbocycles. The Kier molecular flexibility index (Phi) is 5.58. The lowest BCUT2D eigenvalue weighted by molar-refractivity contribution is 0.358. The minimum atomic E-state index is 0.733. The third-order valence-electron chi connectivity index (χ3n) is 6.17. The van der Waals surface area contributed by atoms with Crippen molar-refractivity contribution in [3.8, 4) is 44.9 Å². The Hall–Kier alpha value is -4.04. The van der Waals surface area contributed by atoms with Crippen molar-refractivity contribution in [2.45, 2.75) is 6.92 Å². The Morgan fingerprint density at radius 2 is 1.06 bits per heavy atom. The molecular formula is C31H26O2. The molecule has 162 valence electrons. The Morgan fingerprint density at radius 3 is 1.70 bits per heavy atom. The van der Waals surface area contributed by atoms with Gasteiger partial charge in [0.1, 0.15) is 0 Å². The average molecular weight is 431 g/mol. The zero-order valence-corrected chi connectivity index (χ0v) is 19.1. The molecule has 5 rings (SSSR count). The second-order valence-electron chi connectivity index (χ2n) is 8.23. The van der Waals surface area contributed by atoms with Gasteiger partial charge in [0.2, 0.25) is 0 Å². The van der Waals surface area contributed by atoms with E-state index < -0.39 is 0 Å². The Bertz CT molecular complexity index is 1400. The SMILES string of the molecule is COc1cc(-c2ccc(C)cc2)c2ccc(-c3ccc(-c4ccccc4)cc3)cc2c1OC. The van der Waals surface area contributed by atoms with Crippen molar-refractivity contribution in [3.05, 3.63) is 109 Å². The molecule has 0 saturated heterocycles. The summed E-state index contributed by atoms with van der Waals surface area (Å²) in [5.74, 6) is 1.49. The zero-order chi connectivity index (χ0) is 22.8. The van der Waals surface area contributed by atoms with E-state index in [9.17, 15) is 0 Å². The molecule has 0 N–H and O–H groups in total. The van der Waals surface area contributed by atoms with Gasteiger partial charge in [0.15, 0.2) is 11.5 Å². The molecule has 0 amide bonds. The smallest absolute Gasteiger partial charge is 0.168 e. The maximum atomic E-state index is 5.80. The Labute approximate surface area is 195 Å². The summed E-state index contributed by atoms with van der Waals surface area (Å²) in [4.78, 5) is 0. The van der Waals surface area contributed by atoms with Crippen LogP contribution in [-0.4, -0.2) is 14.2 Å². The van der Waals surface area contributed by atoms with Gasteiger partial charge in [0.25, 0.3) is 0 Å². The van der Waals surface area contributed by atoms with Crippen molar-refractivity contribution < 1.29 is 9.47 Å². The van der Waals surface area contributed by atoms with Crippen LogP contribution in [0.3, 0.4) is 0 Å². The number of fused-ring (bicyclic) bond motifs is 1. The summed E-state index contributed by atoms with van der Waals surface area (Å²) in [5.41, 5.74) is 8.27. The predicted molar refractivity (Wildman–Crippen MR) is 138 cm³/mol. The number of methoxy groups -OCH3 is 2. The lowest BCUT2D eigenvalue weighted by Gasteiger charge is -2.16. The first-order valence-electron chi connectivity index (χ1n) is 11.1. The van der Waals surface area contributed by atoms with E-state index in [2.05, 4.69) is 104 Å². The van der Waals surface area contributed by atoms with Gasteiger partial charge in [-0.25, -0.2) is 0 Å². The van der Waals surface area contributed by atoms with Gasteiger partial charge >= 0.3 is 0 Å². The third-order valence-corrected chi connectivity index (χ3v) is 6.17. The molecule has 0 spiro atoms. The average Bonchev–Trinajstić information content (AvgIpc) is 2.88. The van der Waals surface area contributed by atoms with Crippen molar-refractivity contribution in [2.75, 3.05) is 14.2 Å². The van der Waals surface area contributed by atoms with E-state index in [-0.39, 0.29) is 0 Å². The molecule has 5 aromatic rings. The van der Waals surface area contributed by atoms with Crippen LogP contribution in [0.1, 0.15) is 5.56 Å². The molecule has 2 nitrogen and oxygen atoms in total. The number of benzene rings is 5. The summed E-state index contributed by atoms with van der Waals surface area (Å²) in [5, 5.41) is 2.18. The first-order valence-corrected chi connectivity index (χ1v) is 11.1. The fraction of sp³-hybridized carbons (Fsp3) is 0.0968. The minimum absolute atomic E-state index is 0.733. The van der Waals surface area contributed by atoms with E-state index in [4.69, 9.17) is 9.47 Å². The zero-order valence-electron chi connectivity index (χ0n) is 19.1. The molecule has 0 atom stereocenters. The minimum Gasteiger partial charge on any atom is -0.493 e. The van der Waals surface area contributed by atoms with Crippen LogP contribution in [0.4, 0.5) is 0 Å². The number of rotatable bonds is 5. The standard InChI is InChI=1S/C31H26O2/c1-21-9-11-25(12-10-21)28-20-30(32-2)31(33-3)29-19-26(17-18-27(28)29)24-15-13-23(14-16-24)22-7-5-4-6-8-22/h4-20H,1-3H3. The highest BCUT2D eigenvalue weighted by Gasteiger charge is 2.16. The van der Waals surface area contributed by atoms with Crippen LogP contribution in [-0.2, 0) is 0 Å². The number of hydrogen-bond donors (Lipinski definition) is 0. The van der Waals surface area contributed by atoms with Gasteiger partial charge in [0.05, 0.1) is 14.2 Å². The topological polar surface area (TPSA) is 18.5 Å². The molecule has 0 fully saturated rings. The molecule has 0 bridgehead atoms. The second-order valence-corrected chi connectivity index (χ2v) is 8.23. The first-order chi connectivity index (χ1) is 16.2. The normalized spacial score (nSPS) is 10.9. The van der Waals surface area contributed by atoms with Crippen LogP contribution in [0.5, 0.6) is 11.5 Å². The fourth-order valence-corrected chi connectivity index (χ4v) is 4.37. The Balaban J connectivity index is 1.64. The molecule has 0 aromatic heterocycles. The van der Waals surface area contributed by atoms with Crippen molar-refractivity contribution in [1.82, 2.24) is 0 Å².